The summed E-state index contributed by atoms with van der Waals surface area (Å²) < 4.78 is 7.65. The molecule has 0 bridgehead atoms. The molecule has 1 saturated heterocycles. The summed E-state index contributed by atoms with van der Waals surface area (Å²) in [5, 5.41) is 43.2. The molecule has 5 aromatic rings. The van der Waals surface area contributed by atoms with Gasteiger partial charge in [-0.3, -0.25) is 4.57 Å². The molecule has 224 valence electrons. The van der Waals surface area contributed by atoms with Crippen molar-refractivity contribution in [3.8, 4) is 0 Å². The van der Waals surface area contributed by atoms with Gasteiger partial charge in [0.05, 0.1) is 6.33 Å². The minimum Gasteiger partial charge on any atom is -0.387 e. The minimum absolute atomic E-state index is 0.0142. The molecule has 1 aliphatic heterocycles. The van der Waals surface area contributed by atoms with E-state index in [1.54, 1.807) is 9.47 Å². The van der Waals surface area contributed by atoms with Crippen LogP contribution in [0.2, 0.25) is 0 Å². The Bertz CT molecular complexity index is 1580. The second kappa shape index (κ2) is 12.4. The lowest BCUT2D eigenvalue weighted by molar-refractivity contribution is -0.0382. The van der Waals surface area contributed by atoms with Gasteiger partial charge in [0, 0.05) is 19.0 Å². The third-order valence-corrected chi connectivity index (χ3v) is 7.54. The van der Waals surface area contributed by atoms with Gasteiger partial charge in [0.2, 0.25) is 5.95 Å². The van der Waals surface area contributed by atoms with Crippen LogP contribution >= 0.6 is 0 Å². The van der Waals surface area contributed by atoms with Crippen LogP contribution in [-0.2, 0) is 4.74 Å². The van der Waals surface area contributed by atoms with Crippen LogP contribution in [0.25, 0.3) is 11.2 Å². The fraction of sp³-hybridized carbons (Fsp3) is 0.367. The molecule has 4 heterocycles. The molecular formula is C30H35N9O4. The number of aromatic nitrogens is 7. The number of aromatic amines is 1. The summed E-state index contributed by atoms with van der Waals surface area (Å²) in [4.78, 5) is 18.7. The van der Waals surface area contributed by atoms with E-state index in [2.05, 4.69) is 49.7 Å². The van der Waals surface area contributed by atoms with Crippen LogP contribution in [0.5, 0.6) is 0 Å². The van der Waals surface area contributed by atoms with E-state index in [0.29, 0.717) is 41.8 Å². The van der Waals surface area contributed by atoms with Crippen LogP contribution in [0.3, 0.4) is 0 Å². The summed E-state index contributed by atoms with van der Waals surface area (Å²) in [5.74, 6) is 1.31. The molecule has 0 aliphatic carbocycles. The number of nitrogens with one attached hydrogen (secondary N) is 2. The predicted molar refractivity (Wildman–Crippen MR) is 159 cm³/mol. The molecule has 5 N–H and O–H groups in total. The number of anilines is 2. The zero-order chi connectivity index (χ0) is 29.9. The number of imidazole rings is 1. The summed E-state index contributed by atoms with van der Waals surface area (Å²) in [6.45, 7) is 4.82. The van der Waals surface area contributed by atoms with Crippen LogP contribution in [-0.4, -0.2) is 82.0 Å². The largest absolute Gasteiger partial charge is 0.387 e. The van der Waals surface area contributed by atoms with E-state index in [0.717, 1.165) is 11.1 Å². The maximum atomic E-state index is 11.0. The first kappa shape index (κ1) is 28.7. The van der Waals surface area contributed by atoms with E-state index in [1.807, 2.05) is 50.2 Å². The second-order valence-electron chi connectivity index (χ2n) is 11.0. The molecule has 6 rings (SSSR count). The fourth-order valence-corrected chi connectivity index (χ4v) is 5.47. The van der Waals surface area contributed by atoms with Crippen molar-refractivity contribution in [3.63, 3.8) is 0 Å². The molecule has 0 radical (unpaired) electrons. The summed E-state index contributed by atoms with van der Waals surface area (Å²) in [7, 11) is 0. The molecule has 13 nitrogen and oxygen atoms in total. The van der Waals surface area contributed by atoms with Gasteiger partial charge >= 0.3 is 0 Å². The van der Waals surface area contributed by atoms with Crippen molar-refractivity contribution < 1.29 is 20.1 Å². The number of aliphatic hydroxyl groups excluding tert-OH is 3. The Morgan fingerprint density at radius 3 is 2.30 bits per heavy atom. The minimum atomic E-state index is -1.30. The van der Waals surface area contributed by atoms with Crippen LogP contribution in [0.1, 0.15) is 49.0 Å². The highest BCUT2D eigenvalue weighted by molar-refractivity contribution is 5.84. The van der Waals surface area contributed by atoms with E-state index in [1.165, 1.54) is 12.7 Å². The number of rotatable bonds is 11. The summed E-state index contributed by atoms with van der Waals surface area (Å²) in [5.41, 5.74) is 3.12. The molecule has 1 aliphatic rings. The van der Waals surface area contributed by atoms with Crippen LogP contribution in [0, 0.1) is 5.92 Å². The van der Waals surface area contributed by atoms with E-state index in [-0.39, 0.29) is 18.6 Å². The number of nitrogens with zero attached hydrogens (tertiary/aromatic N) is 7. The number of ether oxygens (including phenoxy) is 1. The molecule has 0 amide bonds. The molecule has 1 fully saturated rings. The Hall–Kier alpha value is -4.43. The van der Waals surface area contributed by atoms with Crippen LogP contribution in [0.4, 0.5) is 11.8 Å². The lowest BCUT2D eigenvalue weighted by Crippen LogP contribution is -2.31. The molecule has 4 atom stereocenters. The Balaban J connectivity index is 1.39. The number of H-pyrrole nitrogens is 1. The van der Waals surface area contributed by atoms with Gasteiger partial charge in [-0.15, -0.1) is 10.2 Å². The summed E-state index contributed by atoms with van der Waals surface area (Å²) in [6, 6.07) is 20.5. The highest BCUT2D eigenvalue weighted by Crippen LogP contribution is 2.39. The third-order valence-electron chi connectivity index (χ3n) is 7.54. The van der Waals surface area contributed by atoms with E-state index < -0.39 is 24.5 Å². The lowest BCUT2D eigenvalue weighted by Gasteiger charge is -2.24. The van der Waals surface area contributed by atoms with E-state index in [4.69, 9.17) is 14.7 Å². The Morgan fingerprint density at radius 1 is 1.00 bits per heavy atom. The maximum absolute atomic E-state index is 11.0. The van der Waals surface area contributed by atoms with Crippen molar-refractivity contribution in [2.24, 2.45) is 5.92 Å². The normalized spacial score (nSPS) is 20.3. The van der Waals surface area contributed by atoms with Crippen LogP contribution in [0.15, 0.2) is 73.3 Å². The average molecular weight is 586 g/mol. The first-order valence-electron chi connectivity index (χ1n) is 14.3. The highest BCUT2D eigenvalue weighted by atomic mass is 16.6. The monoisotopic (exact) mass is 585 g/mol. The zero-order valence-electron chi connectivity index (χ0n) is 23.9. The predicted octanol–water partition coefficient (Wildman–Crippen LogP) is 2.59. The number of fused-ring (bicyclic) bond motifs is 1. The molecule has 0 unspecified atom stereocenters. The first-order valence-corrected chi connectivity index (χ1v) is 14.3. The summed E-state index contributed by atoms with van der Waals surface area (Å²) >= 11 is 0. The van der Waals surface area contributed by atoms with Gasteiger partial charge in [-0.2, -0.15) is 9.97 Å². The molecular weight excluding hydrogens is 550 g/mol. The highest BCUT2D eigenvalue weighted by Gasteiger charge is 2.46. The van der Waals surface area contributed by atoms with Gasteiger partial charge in [-0.05, 0) is 17.0 Å². The Labute approximate surface area is 248 Å². The topological polar surface area (TPSA) is 170 Å². The number of benzene rings is 2. The zero-order valence-corrected chi connectivity index (χ0v) is 23.9. The number of hydrogen-bond donors (Lipinski definition) is 5. The summed E-state index contributed by atoms with van der Waals surface area (Å²) in [6.07, 6.45) is -1.61. The Kier molecular flexibility index (Phi) is 8.29. The van der Waals surface area contributed by atoms with Gasteiger partial charge in [-0.25, -0.2) is 4.98 Å². The van der Waals surface area contributed by atoms with Crippen molar-refractivity contribution in [1.29, 1.82) is 0 Å². The van der Waals surface area contributed by atoms with Gasteiger partial charge in [0.25, 0.3) is 0 Å². The van der Waals surface area contributed by atoms with Crippen LogP contribution < -0.4 is 10.2 Å². The number of aliphatic hydroxyl groups is 3. The fourth-order valence-electron chi connectivity index (χ4n) is 5.47. The van der Waals surface area contributed by atoms with Gasteiger partial charge in [0.15, 0.2) is 29.0 Å². The molecule has 13 heteroatoms. The molecule has 0 saturated carbocycles. The quantitative estimate of drug-likeness (QED) is 0.144. The number of hydrogen-bond acceptors (Lipinski definition) is 11. The lowest BCUT2D eigenvalue weighted by atomic mass is 9.91. The van der Waals surface area contributed by atoms with E-state index in [9.17, 15) is 15.3 Å². The average Bonchev–Trinajstić information content (AvgIpc) is 3.77. The first-order chi connectivity index (χ1) is 20.9. The maximum Gasteiger partial charge on any atom is 0.231 e. The van der Waals surface area contributed by atoms with Gasteiger partial charge < -0.3 is 35.3 Å². The van der Waals surface area contributed by atoms with Gasteiger partial charge in [0.1, 0.15) is 31.4 Å². The smallest absolute Gasteiger partial charge is 0.231 e. The van der Waals surface area contributed by atoms with Crippen molar-refractivity contribution >= 4 is 22.9 Å². The van der Waals surface area contributed by atoms with Crippen molar-refractivity contribution in [1.82, 2.24) is 34.7 Å². The van der Waals surface area contributed by atoms with Crippen molar-refractivity contribution in [2.45, 2.75) is 44.3 Å². The molecule has 3 aromatic heterocycles. The molecule has 2 aromatic carbocycles. The van der Waals surface area contributed by atoms with E-state index >= 15 is 0 Å². The molecule has 43 heavy (non-hydrogen) atoms. The van der Waals surface area contributed by atoms with Crippen molar-refractivity contribution in [2.75, 3.05) is 30.0 Å². The van der Waals surface area contributed by atoms with Gasteiger partial charge in [-0.1, -0.05) is 74.5 Å². The molecule has 0 spiro atoms. The second-order valence-corrected chi connectivity index (χ2v) is 11.0. The standard InChI is InChI=1S/C30H35N9O4/c1-18(2)14-38(17-40)30-35-26(31-13-21(19-9-5-3-6-10-19)20-11-7-4-8-12-20)22-28(36-30)39(16-33-22)29-24(42)23(41)25(43-29)27-32-15-34-37-27/h3-12,15-16,18,21,23-25,29,40-42H,13-14,17H2,1-2H3,(H,31,35,36)(H,32,34,37)/t23-,24+,25-,29+/m0/s1. The third kappa shape index (κ3) is 5.79. The van der Waals surface area contributed by atoms with Crippen molar-refractivity contribution in [3.05, 3.63) is 90.3 Å². The Morgan fingerprint density at radius 2 is 1.70 bits per heavy atom. The SMILES string of the molecule is CC(C)CN(CO)c1nc(NCC(c2ccccc2)c2ccccc2)c2ncn([C@@H]3O[C@H](c4nnc[nH]4)[C@@H](O)[C@H]3O)c2n1.